The molecule has 1 N–H and O–H groups in total. The van der Waals surface area contributed by atoms with Crippen molar-refractivity contribution in [3.63, 3.8) is 0 Å². The lowest BCUT2D eigenvalue weighted by Gasteiger charge is -1.95. The molecule has 1 nitrogen and oxygen atoms in total. The summed E-state index contributed by atoms with van der Waals surface area (Å²) in [7, 11) is 0. The third-order valence-corrected chi connectivity index (χ3v) is 1.16. The van der Waals surface area contributed by atoms with Gasteiger partial charge in [-0.1, -0.05) is 12.6 Å². The van der Waals surface area contributed by atoms with Crippen molar-refractivity contribution in [2.75, 3.05) is 0 Å². The van der Waals surface area contributed by atoms with Gasteiger partial charge in [0.25, 0.3) is 0 Å². The van der Waals surface area contributed by atoms with Crippen LogP contribution in [0, 0.1) is 5.82 Å². The zero-order valence-electron chi connectivity index (χ0n) is 6.21. The molecule has 0 aliphatic heterocycles. The number of benzene rings is 1. The Morgan fingerprint density at radius 2 is 2.50 bits per heavy atom. The van der Waals surface area contributed by atoms with Crippen LogP contribution in [0.25, 0.3) is 6.08 Å². The highest BCUT2D eigenvalue weighted by Crippen LogP contribution is 2.15. The molecular formula is C8H7FO. The third-order valence-electron chi connectivity index (χ3n) is 1.16. The van der Waals surface area contributed by atoms with E-state index in [9.17, 15) is 4.39 Å². The van der Waals surface area contributed by atoms with Gasteiger partial charge in [0, 0.05) is 11.6 Å². The lowest BCUT2D eigenvalue weighted by atomic mass is 10.2. The lowest BCUT2D eigenvalue weighted by Crippen LogP contribution is -1.78. The second-order valence-corrected chi connectivity index (χ2v) is 1.87. The molecule has 0 amide bonds. The summed E-state index contributed by atoms with van der Waals surface area (Å²) in [5.74, 6) is -0.627. The fraction of sp³-hybridized carbons (Fsp3) is 0. The predicted molar refractivity (Wildman–Crippen MR) is 38.2 cm³/mol. The molecule has 0 aliphatic rings. The molecule has 0 aromatic heterocycles. The van der Waals surface area contributed by atoms with Gasteiger partial charge in [-0.15, -0.1) is 0 Å². The topological polar surface area (TPSA) is 20.2 Å². The van der Waals surface area contributed by atoms with E-state index in [1.54, 1.807) is 0 Å². The molecule has 1 rings (SSSR count). The highest BCUT2D eigenvalue weighted by Gasteiger charge is 1.97. The van der Waals surface area contributed by atoms with Crippen LogP contribution in [0.2, 0.25) is 0 Å². The van der Waals surface area contributed by atoms with Gasteiger partial charge < -0.3 is 5.11 Å². The van der Waals surface area contributed by atoms with E-state index in [0.717, 1.165) is 12.6 Å². The predicted octanol–water partition coefficient (Wildman–Crippen LogP) is 2.17. The smallest absolute Gasteiger partial charge is 0.134 e. The van der Waals surface area contributed by atoms with Crippen molar-refractivity contribution in [1.29, 1.82) is 0 Å². The highest BCUT2D eigenvalue weighted by atomic mass is 19.1. The van der Waals surface area contributed by atoms with Gasteiger partial charge in [-0.3, -0.25) is 0 Å². The van der Waals surface area contributed by atoms with Crippen molar-refractivity contribution >= 4 is 6.08 Å². The first-order valence-corrected chi connectivity index (χ1v) is 2.77. The average molecular weight is 139 g/mol. The zero-order valence-corrected chi connectivity index (χ0v) is 5.21. The Morgan fingerprint density at radius 3 is 3.10 bits per heavy atom. The Hall–Kier alpha value is -1.31. The SMILES string of the molecule is [2H]C=Cc1ccc(O)cc1F. The number of halogens is 1. The summed E-state index contributed by atoms with van der Waals surface area (Å²) in [6.07, 6.45) is 1.31. The standard InChI is InChI=1S/C8H7FO/c1-2-6-3-4-7(10)5-8(6)9/h2-5,10H,1H2/i1D. The second-order valence-electron chi connectivity index (χ2n) is 1.87. The quantitative estimate of drug-likeness (QED) is 0.632. The largest absolute Gasteiger partial charge is 0.508 e. The summed E-state index contributed by atoms with van der Waals surface area (Å²) in [6, 6.07) is 3.80. The number of phenols is 1. The molecule has 0 radical (unpaired) electrons. The first kappa shape index (κ1) is 5.47. The maximum atomic E-state index is 12.7. The van der Waals surface area contributed by atoms with Gasteiger partial charge in [-0.2, -0.15) is 0 Å². The molecule has 1 aromatic carbocycles. The Kier molecular flexibility index (Phi) is 1.38. The van der Waals surface area contributed by atoms with Gasteiger partial charge in [-0.05, 0) is 12.1 Å². The van der Waals surface area contributed by atoms with E-state index in [1.165, 1.54) is 18.2 Å². The fourth-order valence-corrected chi connectivity index (χ4v) is 0.651. The summed E-state index contributed by atoms with van der Waals surface area (Å²) in [6.45, 7) is 0.995. The Bertz CT molecular complexity index is 283. The summed E-state index contributed by atoms with van der Waals surface area (Å²) in [5, 5.41) is 8.79. The summed E-state index contributed by atoms with van der Waals surface area (Å²) in [5.41, 5.74) is 0.304. The van der Waals surface area contributed by atoms with Crippen molar-refractivity contribution < 1.29 is 10.9 Å². The Labute approximate surface area is 59.8 Å². The molecule has 10 heavy (non-hydrogen) atoms. The van der Waals surface area contributed by atoms with Crippen LogP contribution in [0.1, 0.15) is 6.93 Å². The molecule has 0 aliphatic carbocycles. The van der Waals surface area contributed by atoms with Crippen LogP contribution in [0.5, 0.6) is 5.75 Å². The molecule has 0 fully saturated rings. The highest BCUT2D eigenvalue weighted by molar-refractivity contribution is 5.49. The Balaban J connectivity index is 3.09. The number of rotatable bonds is 1. The van der Waals surface area contributed by atoms with Gasteiger partial charge in [0.05, 0.1) is 1.37 Å². The molecule has 0 saturated heterocycles. The van der Waals surface area contributed by atoms with E-state index in [2.05, 4.69) is 0 Å². The van der Waals surface area contributed by atoms with Crippen molar-refractivity contribution in [1.82, 2.24) is 0 Å². The van der Waals surface area contributed by atoms with Crippen LogP contribution >= 0.6 is 0 Å². The van der Waals surface area contributed by atoms with Gasteiger partial charge >= 0.3 is 0 Å². The van der Waals surface area contributed by atoms with Crippen molar-refractivity contribution in [3.8, 4) is 5.75 Å². The summed E-state index contributed by atoms with van der Waals surface area (Å²) < 4.78 is 19.4. The number of hydrogen-bond donors (Lipinski definition) is 1. The van der Waals surface area contributed by atoms with Crippen LogP contribution in [-0.4, -0.2) is 5.11 Å². The Morgan fingerprint density at radius 1 is 1.70 bits per heavy atom. The maximum Gasteiger partial charge on any atom is 0.134 e. The lowest BCUT2D eigenvalue weighted by molar-refractivity contribution is 0.469. The van der Waals surface area contributed by atoms with E-state index in [-0.39, 0.29) is 5.75 Å². The van der Waals surface area contributed by atoms with Crippen LogP contribution in [0.3, 0.4) is 0 Å². The van der Waals surface area contributed by atoms with Gasteiger partial charge in [-0.25, -0.2) is 4.39 Å². The molecule has 0 unspecified atom stereocenters. The van der Waals surface area contributed by atoms with Crippen molar-refractivity contribution in [2.45, 2.75) is 0 Å². The van der Waals surface area contributed by atoms with E-state index in [1.807, 2.05) is 0 Å². The zero-order chi connectivity index (χ0) is 8.27. The molecular weight excluding hydrogens is 131 g/mol. The minimum Gasteiger partial charge on any atom is -0.508 e. The minimum absolute atomic E-state index is 0.107. The third kappa shape index (κ3) is 1.16. The first-order valence-electron chi connectivity index (χ1n) is 3.35. The second kappa shape index (κ2) is 2.52. The van der Waals surface area contributed by atoms with Gasteiger partial charge in [0.1, 0.15) is 11.6 Å². The van der Waals surface area contributed by atoms with Crippen molar-refractivity contribution in [3.05, 3.63) is 36.1 Å². The van der Waals surface area contributed by atoms with E-state index < -0.39 is 5.82 Å². The first-order chi connectivity index (χ1) is 5.24. The molecule has 0 heterocycles. The molecule has 52 valence electrons. The number of aromatic hydroxyl groups is 1. The van der Waals surface area contributed by atoms with E-state index >= 15 is 0 Å². The monoisotopic (exact) mass is 139 g/mol. The van der Waals surface area contributed by atoms with Crippen LogP contribution < -0.4 is 0 Å². The summed E-state index contributed by atoms with van der Waals surface area (Å²) in [4.78, 5) is 0. The van der Waals surface area contributed by atoms with Gasteiger partial charge in [0.2, 0.25) is 0 Å². The summed E-state index contributed by atoms with van der Waals surface area (Å²) >= 11 is 0. The van der Waals surface area contributed by atoms with E-state index in [4.69, 9.17) is 6.48 Å². The maximum absolute atomic E-state index is 12.7. The van der Waals surface area contributed by atoms with Crippen LogP contribution in [-0.2, 0) is 0 Å². The molecule has 0 bridgehead atoms. The molecule has 1 aromatic rings. The molecule has 2 heteroatoms. The minimum atomic E-state index is -0.520. The van der Waals surface area contributed by atoms with Gasteiger partial charge in [0.15, 0.2) is 0 Å². The molecule has 0 spiro atoms. The number of hydrogen-bond acceptors (Lipinski definition) is 1. The van der Waals surface area contributed by atoms with Crippen LogP contribution in [0.15, 0.2) is 24.8 Å². The molecule has 0 saturated carbocycles. The average Bonchev–Trinajstić information content (AvgIpc) is 1.95. The van der Waals surface area contributed by atoms with E-state index in [0.29, 0.717) is 5.56 Å². The van der Waals surface area contributed by atoms with Crippen molar-refractivity contribution in [2.24, 2.45) is 0 Å². The fourth-order valence-electron chi connectivity index (χ4n) is 0.651. The normalized spacial score (nSPS) is 11.9. The van der Waals surface area contributed by atoms with Crippen LogP contribution in [0.4, 0.5) is 4.39 Å². The molecule has 0 atom stereocenters. The number of phenolic OH excluding ortho intramolecular Hbond substituents is 1.